The molecule has 2 N–H and O–H groups in total. The fraction of sp³-hybridized carbons (Fsp3) is 0.711. The molecule has 0 saturated heterocycles. The molecule has 9 atom stereocenters. The Hall–Kier alpha value is -3.00. The Balaban J connectivity index is 1.26. The molecule has 1 aromatic rings. The molecular formula is C45H63ClN2O6. The highest BCUT2D eigenvalue weighted by Gasteiger charge is 2.70. The molecule has 4 fully saturated rings. The van der Waals surface area contributed by atoms with Crippen molar-refractivity contribution in [1.29, 1.82) is 0 Å². The highest BCUT2D eigenvalue weighted by atomic mass is 35.5. The van der Waals surface area contributed by atoms with Crippen LogP contribution < -0.4 is 5.32 Å². The number of hydrogen-bond acceptors (Lipinski definition) is 6. The number of carbonyl (C=O) groups is 4. The summed E-state index contributed by atoms with van der Waals surface area (Å²) in [7, 11) is 0. The van der Waals surface area contributed by atoms with Gasteiger partial charge >= 0.3 is 11.9 Å². The summed E-state index contributed by atoms with van der Waals surface area (Å²) in [6, 6.07) is 3.30. The molecule has 6 rings (SSSR count). The van der Waals surface area contributed by atoms with E-state index in [2.05, 4.69) is 64.8 Å². The molecule has 296 valence electrons. The molecule has 1 amide bonds. The number of ketones is 1. The van der Waals surface area contributed by atoms with Gasteiger partial charge in [-0.2, -0.15) is 0 Å². The quantitative estimate of drug-likeness (QED) is 0.190. The summed E-state index contributed by atoms with van der Waals surface area (Å²) in [5, 5.41) is 13.2. The van der Waals surface area contributed by atoms with Crippen molar-refractivity contribution in [2.24, 2.45) is 56.2 Å². The summed E-state index contributed by atoms with van der Waals surface area (Å²) >= 11 is 6.03. The number of rotatable bonds is 9. The van der Waals surface area contributed by atoms with Gasteiger partial charge in [0, 0.05) is 23.4 Å². The SMILES string of the molecule is CC(C)C1=C2C3CCC4C5(C)CCC(OC(=O)CC(C)(C)C(=O)O)C(C)(C)C5CCC4(C)C3(C)CCC2(C=CC(=O)NC(C)c2ccc(Cl)cn2)CC1=O. The van der Waals surface area contributed by atoms with E-state index >= 15 is 0 Å². The van der Waals surface area contributed by atoms with Crippen molar-refractivity contribution in [3.8, 4) is 0 Å². The number of esters is 1. The highest BCUT2D eigenvalue weighted by molar-refractivity contribution is 6.30. The number of nitrogens with one attached hydrogen (secondary N) is 1. The Morgan fingerprint density at radius 2 is 1.69 bits per heavy atom. The largest absolute Gasteiger partial charge is 0.481 e. The molecule has 0 aromatic carbocycles. The van der Waals surface area contributed by atoms with Crippen molar-refractivity contribution in [1.82, 2.24) is 10.3 Å². The van der Waals surface area contributed by atoms with E-state index in [1.165, 1.54) is 5.57 Å². The number of fused-ring (bicyclic) bond motifs is 7. The van der Waals surface area contributed by atoms with Crippen molar-refractivity contribution < 1.29 is 29.0 Å². The number of allylic oxidation sites excluding steroid dienone is 3. The first-order valence-electron chi connectivity index (χ1n) is 20.3. The van der Waals surface area contributed by atoms with Crippen molar-refractivity contribution in [2.45, 2.75) is 146 Å². The number of pyridine rings is 1. The van der Waals surface area contributed by atoms with Gasteiger partial charge in [-0.05, 0) is 141 Å². The van der Waals surface area contributed by atoms with Crippen LogP contribution in [-0.4, -0.2) is 39.8 Å². The van der Waals surface area contributed by atoms with Crippen LogP contribution >= 0.6 is 11.6 Å². The molecule has 0 bridgehead atoms. The molecule has 0 aliphatic heterocycles. The van der Waals surface area contributed by atoms with Crippen molar-refractivity contribution in [3.63, 3.8) is 0 Å². The van der Waals surface area contributed by atoms with E-state index in [-0.39, 0.29) is 63.8 Å². The zero-order valence-corrected chi connectivity index (χ0v) is 35.0. The Morgan fingerprint density at radius 3 is 2.31 bits per heavy atom. The average molecular weight is 763 g/mol. The van der Waals surface area contributed by atoms with E-state index in [1.807, 2.05) is 13.0 Å². The smallest absolute Gasteiger partial charge is 0.309 e. The molecular weight excluding hydrogens is 700 g/mol. The number of carboxylic acid groups (broad SMARTS) is 1. The van der Waals surface area contributed by atoms with Crippen molar-refractivity contribution >= 4 is 35.2 Å². The maximum absolute atomic E-state index is 14.0. The molecule has 8 nitrogen and oxygen atoms in total. The van der Waals surface area contributed by atoms with Gasteiger partial charge in [0.15, 0.2) is 5.78 Å². The van der Waals surface area contributed by atoms with Gasteiger partial charge in [-0.15, -0.1) is 0 Å². The highest BCUT2D eigenvalue weighted by Crippen LogP contribution is 2.77. The minimum absolute atomic E-state index is 0.0196. The molecule has 9 unspecified atom stereocenters. The second-order valence-corrected chi connectivity index (χ2v) is 20.5. The van der Waals surface area contributed by atoms with Crippen LogP contribution in [0.3, 0.4) is 0 Å². The first kappa shape index (κ1) is 40.7. The molecule has 1 heterocycles. The average Bonchev–Trinajstić information content (AvgIpc) is 3.37. The van der Waals surface area contributed by atoms with Gasteiger partial charge in [0.25, 0.3) is 0 Å². The maximum Gasteiger partial charge on any atom is 0.309 e. The van der Waals surface area contributed by atoms with Gasteiger partial charge in [0.1, 0.15) is 6.10 Å². The summed E-state index contributed by atoms with van der Waals surface area (Å²) in [6.45, 7) is 21.5. The van der Waals surface area contributed by atoms with Crippen LogP contribution in [0, 0.1) is 56.2 Å². The number of Topliss-reactive ketones (excluding diaryl/α,β-unsaturated/α-hetero) is 1. The summed E-state index contributed by atoms with van der Waals surface area (Å²) < 4.78 is 6.16. The first-order valence-corrected chi connectivity index (χ1v) is 20.7. The Labute approximate surface area is 327 Å². The minimum atomic E-state index is -1.17. The second-order valence-electron chi connectivity index (χ2n) is 20.0. The van der Waals surface area contributed by atoms with E-state index in [4.69, 9.17) is 16.3 Å². The van der Waals surface area contributed by atoms with Crippen LogP contribution in [0.5, 0.6) is 0 Å². The number of aliphatic carboxylic acids is 1. The normalized spacial score (nSPS) is 36.6. The zero-order chi connectivity index (χ0) is 39.8. The predicted octanol–water partition coefficient (Wildman–Crippen LogP) is 9.86. The Morgan fingerprint density at radius 1 is 0.981 bits per heavy atom. The fourth-order valence-electron chi connectivity index (χ4n) is 12.9. The molecule has 0 radical (unpaired) electrons. The molecule has 1 aromatic heterocycles. The fourth-order valence-corrected chi connectivity index (χ4v) is 13.0. The van der Waals surface area contributed by atoms with Gasteiger partial charge in [-0.1, -0.05) is 66.1 Å². The minimum Gasteiger partial charge on any atom is -0.481 e. The van der Waals surface area contributed by atoms with Gasteiger partial charge in [0.2, 0.25) is 5.91 Å². The number of ether oxygens (including phenoxy) is 1. The standard InChI is InChI=1S/C45H63ClN2O6/c1-26(2)37-31(49)23-45(20-17-35(50)48-27(3)30-13-11-28(46)25-47-30)22-21-43(9)29(38(37)45)12-14-33-42(8)18-16-34(54-36(51)24-40(4,5)39(52)53)41(6,7)32(42)15-19-44(33,43)10/h11,13,17,20,25-27,29,32-34H,12,14-16,18-19,21-24H2,1-10H3,(H,48,50)(H,52,53). The lowest BCUT2D eigenvalue weighted by Crippen LogP contribution is -2.65. The predicted molar refractivity (Wildman–Crippen MR) is 210 cm³/mol. The van der Waals surface area contributed by atoms with E-state index in [0.29, 0.717) is 23.3 Å². The Kier molecular flexibility index (Phi) is 10.5. The Bertz CT molecular complexity index is 1760. The molecule has 5 aliphatic carbocycles. The summed E-state index contributed by atoms with van der Waals surface area (Å²) in [5.74, 6) is -0.191. The topological polar surface area (TPSA) is 123 Å². The summed E-state index contributed by atoms with van der Waals surface area (Å²) in [4.78, 5) is 56.6. The van der Waals surface area contributed by atoms with Crippen LogP contribution in [0.4, 0.5) is 0 Å². The molecule has 5 aliphatic rings. The number of halogens is 1. The lowest BCUT2D eigenvalue weighted by molar-refractivity contribution is -0.232. The number of hydrogen-bond donors (Lipinski definition) is 2. The molecule has 9 heteroatoms. The molecule has 0 spiro atoms. The number of nitrogens with zero attached hydrogens (tertiary/aromatic N) is 1. The van der Waals surface area contributed by atoms with E-state index < -0.39 is 22.8 Å². The van der Waals surface area contributed by atoms with Gasteiger partial charge < -0.3 is 15.2 Å². The van der Waals surface area contributed by atoms with Crippen molar-refractivity contribution in [3.05, 3.63) is 52.3 Å². The lowest BCUT2D eigenvalue weighted by Gasteiger charge is -2.72. The van der Waals surface area contributed by atoms with Crippen molar-refractivity contribution in [2.75, 3.05) is 0 Å². The molecule has 4 saturated carbocycles. The van der Waals surface area contributed by atoms with Crippen LogP contribution in [0.2, 0.25) is 5.02 Å². The van der Waals surface area contributed by atoms with E-state index in [9.17, 15) is 24.3 Å². The lowest BCUT2D eigenvalue weighted by atomic mass is 9.33. The molecule has 54 heavy (non-hydrogen) atoms. The van der Waals surface area contributed by atoms with Crippen LogP contribution in [0.25, 0.3) is 0 Å². The summed E-state index contributed by atoms with van der Waals surface area (Å²) in [5.41, 5.74) is 1.22. The monoisotopic (exact) mass is 762 g/mol. The number of carboxylic acids is 1. The number of aromatic nitrogens is 1. The summed E-state index contributed by atoms with van der Waals surface area (Å²) in [6.07, 6.45) is 13.1. The third-order valence-corrected chi connectivity index (χ3v) is 16.2. The third-order valence-electron chi connectivity index (χ3n) is 16.0. The van der Waals surface area contributed by atoms with Gasteiger partial charge in [-0.25, -0.2) is 0 Å². The first-order chi connectivity index (χ1) is 25.0. The van der Waals surface area contributed by atoms with Crippen LogP contribution in [0.15, 0.2) is 41.6 Å². The maximum atomic E-state index is 14.0. The number of carbonyl (C=O) groups excluding carboxylic acids is 3. The second kappa shape index (κ2) is 13.9. The van der Waals surface area contributed by atoms with Crippen LogP contribution in [0.1, 0.15) is 145 Å². The zero-order valence-electron chi connectivity index (χ0n) is 34.2. The van der Waals surface area contributed by atoms with Crippen LogP contribution in [-0.2, 0) is 23.9 Å². The van der Waals surface area contributed by atoms with Gasteiger partial charge in [-0.3, -0.25) is 24.2 Å². The van der Waals surface area contributed by atoms with E-state index in [0.717, 1.165) is 62.6 Å². The number of amides is 1. The third kappa shape index (κ3) is 6.48. The van der Waals surface area contributed by atoms with Gasteiger partial charge in [0.05, 0.1) is 28.6 Å². The van der Waals surface area contributed by atoms with E-state index in [1.54, 1.807) is 32.2 Å².